The Labute approximate surface area is 163 Å². The molecule has 2 aliphatic heterocycles. The fourth-order valence-corrected chi connectivity index (χ4v) is 6.26. The molecule has 2 heterocycles. The van der Waals surface area contributed by atoms with Crippen molar-refractivity contribution in [1.29, 1.82) is 0 Å². The first-order valence-electron chi connectivity index (χ1n) is 10.3. The lowest BCUT2D eigenvalue weighted by atomic mass is 9.78. The van der Waals surface area contributed by atoms with Gasteiger partial charge in [0.1, 0.15) is 0 Å². The minimum atomic E-state index is -3.43. The Morgan fingerprint density at radius 2 is 1.93 bits per heavy atom. The molecule has 3 aliphatic rings. The number of sulfonamides is 1. The molecule has 0 amide bonds. The number of ether oxygens (including phenoxy) is 2. The van der Waals surface area contributed by atoms with Crippen LogP contribution in [0.4, 0.5) is 0 Å². The molecule has 6 heteroatoms. The smallest absolute Gasteiger partial charge is 0.243 e. The molecule has 2 saturated heterocycles. The third kappa shape index (κ3) is 4.09. The molecule has 0 N–H and O–H groups in total. The van der Waals surface area contributed by atoms with Crippen LogP contribution >= 0.6 is 0 Å². The molecule has 0 radical (unpaired) electrons. The Morgan fingerprint density at radius 3 is 2.63 bits per heavy atom. The minimum absolute atomic E-state index is 0.152. The van der Waals surface area contributed by atoms with E-state index in [0.717, 1.165) is 57.0 Å². The minimum Gasteiger partial charge on any atom is -0.381 e. The van der Waals surface area contributed by atoms with Gasteiger partial charge in [-0.3, -0.25) is 0 Å². The summed E-state index contributed by atoms with van der Waals surface area (Å²) in [5.74, 6) is 1.29. The second kappa shape index (κ2) is 7.82. The van der Waals surface area contributed by atoms with Crippen LogP contribution in [-0.2, 0) is 19.5 Å². The third-order valence-electron chi connectivity index (χ3n) is 6.54. The van der Waals surface area contributed by atoms with Gasteiger partial charge in [0, 0.05) is 32.9 Å². The molecule has 4 rings (SSSR count). The van der Waals surface area contributed by atoms with Crippen LogP contribution < -0.4 is 0 Å². The zero-order valence-electron chi connectivity index (χ0n) is 16.2. The summed E-state index contributed by atoms with van der Waals surface area (Å²) < 4.78 is 39.8. The van der Waals surface area contributed by atoms with Gasteiger partial charge in [-0.05, 0) is 68.9 Å². The van der Waals surface area contributed by atoms with Gasteiger partial charge in [0.15, 0.2) is 0 Å². The molecular formula is C21H31NO4S. The van der Waals surface area contributed by atoms with E-state index in [1.54, 1.807) is 16.4 Å². The van der Waals surface area contributed by atoms with Crippen LogP contribution in [0.25, 0.3) is 0 Å². The lowest BCUT2D eigenvalue weighted by Crippen LogP contribution is -2.49. The van der Waals surface area contributed by atoms with Gasteiger partial charge in [0.05, 0.1) is 10.5 Å². The molecule has 0 unspecified atom stereocenters. The predicted molar refractivity (Wildman–Crippen MR) is 104 cm³/mol. The summed E-state index contributed by atoms with van der Waals surface area (Å²) >= 11 is 0. The molecule has 1 aromatic rings. The first-order chi connectivity index (χ1) is 13.0. The van der Waals surface area contributed by atoms with Gasteiger partial charge in [0.2, 0.25) is 10.0 Å². The molecule has 1 aromatic carbocycles. The third-order valence-corrected chi connectivity index (χ3v) is 8.60. The molecular weight excluding hydrogens is 362 g/mol. The average Bonchev–Trinajstić information content (AvgIpc) is 3.41. The van der Waals surface area contributed by atoms with E-state index in [9.17, 15) is 8.42 Å². The maximum atomic E-state index is 13.0. The molecule has 1 aliphatic carbocycles. The van der Waals surface area contributed by atoms with Gasteiger partial charge in [0.25, 0.3) is 0 Å². The molecule has 1 atom stereocenters. The van der Waals surface area contributed by atoms with Gasteiger partial charge in [-0.25, -0.2) is 8.42 Å². The fraction of sp³-hybridized carbons (Fsp3) is 0.714. The number of benzene rings is 1. The highest BCUT2D eigenvalue weighted by molar-refractivity contribution is 7.89. The van der Waals surface area contributed by atoms with Crippen molar-refractivity contribution in [3.8, 4) is 0 Å². The van der Waals surface area contributed by atoms with E-state index < -0.39 is 10.0 Å². The first kappa shape index (κ1) is 19.4. The molecule has 5 nitrogen and oxygen atoms in total. The van der Waals surface area contributed by atoms with Crippen LogP contribution in [0.15, 0.2) is 29.2 Å². The number of hydrogen-bond donors (Lipinski definition) is 0. The van der Waals surface area contributed by atoms with E-state index >= 15 is 0 Å². The lowest BCUT2D eigenvalue weighted by Gasteiger charge is -2.41. The quantitative estimate of drug-likeness (QED) is 0.667. The van der Waals surface area contributed by atoms with Crippen LogP contribution in [0.5, 0.6) is 0 Å². The summed E-state index contributed by atoms with van der Waals surface area (Å²) in [6.45, 7) is 5.43. The molecule has 1 saturated carbocycles. The normalized spacial score (nSPS) is 25.9. The number of hydrogen-bond acceptors (Lipinski definition) is 4. The maximum Gasteiger partial charge on any atom is 0.243 e. The van der Waals surface area contributed by atoms with Crippen molar-refractivity contribution < 1.29 is 17.9 Å². The van der Waals surface area contributed by atoms with Crippen LogP contribution in [0.2, 0.25) is 0 Å². The molecule has 150 valence electrons. The number of rotatable bonds is 7. The second-order valence-corrected chi connectivity index (χ2v) is 10.3. The van der Waals surface area contributed by atoms with E-state index in [2.05, 4.69) is 0 Å². The van der Waals surface area contributed by atoms with Gasteiger partial charge >= 0.3 is 0 Å². The second-order valence-electron chi connectivity index (χ2n) is 8.38. The van der Waals surface area contributed by atoms with E-state index in [0.29, 0.717) is 23.9 Å². The monoisotopic (exact) mass is 393 g/mol. The Bertz CT molecular complexity index is 751. The summed E-state index contributed by atoms with van der Waals surface area (Å²) in [6, 6.07) is 7.24. The lowest BCUT2D eigenvalue weighted by molar-refractivity contribution is -0.0615. The Kier molecular flexibility index (Phi) is 5.61. The van der Waals surface area contributed by atoms with Gasteiger partial charge < -0.3 is 9.47 Å². The SMILES string of the molecule is Cc1ccccc1S(=O)(=O)N1CCC2(CC1)OCC[C@@H]2CCOCC1CC1. The zero-order valence-corrected chi connectivity index (χ0v) is 17.0. The summed E-state index contributed by atoms with van der Waals surface area (Å²) in [7, 11) is -3.43. The largest absolute Gasteiger partial charge is 0.381 e. The number of nitrogens with zero attached hydrogens (tertiary/aromatic N) is 1. The zero-order chi connectivity index (χ0) is 18.9. The van der Waals surface area contributed by atoms with Gasteiger partial charge in [-0.1, -0.05) is 18.2 Å². The Hall–Kier alpha value is -0.950. The van der Waals surface area contributed by atoms with Gasteiger partial charge in [-0.15, -0.1) is 0 Å². The van der Waals surface area contributed by atoms with E-state index in [-0.39, 0.29) is 5.60 Å². The first-order valence-corrected chi connectivity index (χ1v) is 11.7. The van der Waals surface area contributed by atoms with E-state index in [4.69, 9.17) is 9.47 Å². The fourth-order valence-electron chi connectivity index (χ4n) is 4.60. The standard InChI is InChI=1S/C21H31NO4S/c1-17-4-2-3-5-20(17)27(23,24)22-12-10-21(11-13-22)19(9-15-26-21)8-14-25-16-18-6-7-18/h2-5,18-19H,6-16H2,1H3/t19-/m0/s1. The molecule has 3 fully saturated rings. The number of piperidine rings is 1. The topological polar surface area (TPSA) is 55.8 Å². The van der Waals surface area contributed by atoms with Crippen molar-refractivity contribution in [2.45, 2.75) is 55.9 Å². The van der Waals surface area contributed by atoms with Crippen molar-refractivity contribution in [3.05, 3.63) is 29.8 Å². The molecule has 0 aromatic heterocycles. The van der Waals surface area contributed by atoms with E-state index in [1.807, 2.05) is 19.1 Å². The van der Waals surface area contributed by atoms with Crippen molar-refractivity contribution in [2.24, 2.45) is 11.8 Å². The molecule has 1 spiro atoms. The molecule has 0 bridgehead atoms. The van der Waals surface area contributed by atoms with Crippen LogP contribution in [0.1, 0.15) is 44.1 Å². The number of aryl methyl sites for hydroxylation is 1. The summed E-state index contributed by atoms with van der Waals surface area (Å²) in [6.07, 6.45) is 6.30. The Morgan fingerprint density at radius 1 is 1.19 bits per heavy atom. The highest BCUT2D eigenvalue weighted by Gasteiger charge is 2.47. The highest BCUT2D eigenvalue weighted by atomic mass is 32.2. The van der Waals surface area contributed by atoms with Crippen molar-refractivity contribution >= 4 is 10.0 Å². The molecule has 27 heavy (non-hydrogen) atoms. The van der Waals surface area contributed by atoms with Crippen molar-refractivity contribution in [1.82, 2.24) is 4.31 Å². The predicted octanol–water partition coefficient (Wildman–Crippen LogP) is 3.37. The summed E-state index contributed by atoms with van der Waals surface area (Å²) in [5.41, 5.74) is 0.654. The van der Waals surface area contributed by atoms with Crippen LogP contribution in [0, 0.1) is 18.8 Å². The van der Waals surface area contributed by atoms with Crippen molar-refractivity contribution in [2.75, 3.05) is 32.9 Å². The summed E-state index contributed by atoms with van der Waals surface area (Å²) in [5, 5.41) is 0. The average molecular weight is 394 g/mol. The highest BCUT2D eigenvalue weighted by Crippen LogP contribution is 2.43. The Balaban J connectivity index is 1.36. The van der Waals surface area contributed by atoms with Gasteiger partial charge in [-0.2, -0.15) is 4.31 Å². The van der Waals surface area contributed by atoms with Crippen molar-refractivity contribution in [3.63, 3.8) is 0 Å². The summed E-state index contributed by atoms with van der Waals surface area (Å²) in [4.78, 5) is 0.429. The van der Waals surface area contributed by atoms with Crippen LogP contribution in [-0.4, -0.2) is 51.2 Å². The maximum absolute atomic E-state index is 13.0. The van der Waals surface area contributed by atoms with Crippen LogP contribution in [0.3, 0.4) is 0 Å². The van der Waals surface area contributed by atoms with E-state index in [1.165, 1.54) is 12.8 Å².